The monoisotopic (exact) mass is 509 g/mol. The molecule has 0 bridgehead atoms. The number of aromatic nitrogens is 6. The number of halogens is 1. The van der Waals surface area contributed by atoms with Crippen molar-refractivity contribution in [3.63, 3.8) is 0 Å². The Morgan fingerprint density at radius 2 is 1.79 bits per heavy atom. The molecule has 1 aromatic carbocycles. The van der Waals surface area contributed by atoms with Crippen LogP contribution in [0.2, 0.25) is 0 Å². The van der Waals surface area contributed by atoms with Crippen LogP contribution in [0.1, 0.15) is 0 Å². The molecule has 6 rings (SSSR count). The molecular formula is C28H24FN7O2. The van der Waals surface area contributed by atoms with E-state index >= 15 is 0 Å². The number of nitrogens with one attached hydrogen (secondary N) is 2. The van der Waals surface area contributed by atoms with Crippen LogP contribution in [-0.4, -0.2) is 67.4 Å². The van der Waals surface area contributed by atoms with E-state index in [0.29, 0.717) is 40.6 Å². The highest BCUT2D eigenvalue weighted by Crippen LogP contribution is 2.35. The number of ether oxygens (including phenoxy) is 1. The van der Waals surface area contributed by atoms with Crippen LogP contribution in [-0.2, 0) is 0 Å². The van der Waals surface area contributed by atoms with Gasteiger partial charge in [0.1, 0.15) is 29.6 Å². The summed E-state index contributed by atoms with van der Waals surface area (Å²) in [5, 5.41) is 19.1. The predicted molar refractivity (Wildman–Crippen MR) is 143 cm³/mol. The van der Waals surface area contributed by atoms with Gasteiger partial charge in [0.25, 0.3) is 0 Å². The van der Waals surface area contributed by atoms with Gasteiger partial charge >= 0.3 is 0 Å². The van der Waals surface area contributed by atoms with Gasteiger partial charge in [0.2, 0.25) is 0 Å². The van der Waals surface area contributed by atoms with Gasteiger partial charge in [-0.15, -0.1) is 0 Å². The number of aromatic hydroxyl groups is 1. The average molecular weight is 510 g/mol. The first-order chi connectivity index (χ1) is 18.4. The maximum atomic E-state index is 14.5. The van der Waals surface area contributed by atoms with Crippen molar-refractivity contribution in [2.75, 3.05) is 27.2 Å². The van der Waals surface area contributed by atoms with Crippen molar-refractivity contribution < 1.29 is 14.2 Å². The average Bonchev–Trinajstić information content (AvgIpc) is 3.51. The Kier molecular flexibility index (Phi) is 5.93. The molecule has 0 fully saturated rings. The number of hydrogen-bond acceptors (Lipinski definition) is 7. The first-order valence-corrected chi connectivity index (χ1v) is 12.0. The van der Waals surface area contributed by atoms with E-state index in [0.717, 1.165) is 34.0 Å². The first kappa shape index (κ1) is 23.6. The number of pyridine rings is 3. The minimum absolute atomic E-state index is 0.0658. The number of fused-ring (bicyclic) bond motifs is 2. The van der Waals surface area contributed by atoms with Crippen molar-refractivity contribution in [1.29, 1.82) is 0 Å². The minimum atomic E-state index is -0.392. The number of nitrogens with zero attached hydrogens (tertiary/aromatic N) is 5. The Morgan fingerprint density at radius 1 is 0.921 bits per heavy atom. The highest BCUT2D eigenvalue weighted by Gasteiger charge is 2.16. The number of H-pyrrole nitrogens is 2. The number of rotatable bonds is 7. The summed E-state index contributed by atoms with van der Waals surface area (Å²) >= 11 is 0. The van der Waals surface area contributed by atoms with Gasteiger partial charge in [-0.3, -0.25) is 20.1 Å². The van der Waals surface area contributed by atoms with Crippen LogP contribution in [0.25, 0.3) is 55.7 Å². The van der Waals surface area contributed by atoms with E-state index in [-0.39, 0.29) is 5.75 Å². The van der Waals surface area contributed by atoms with Gasteiger partial charge in [-0.05, 0) is 50.5 Å². The van der Waals surface area contributed by atoms with Crippen molar-refractivity contribution in [3.05, 3.63) is 73.1 Å². The van der Waals surface area contributed by atoms with E-state index in [1.54, 1.807) is 30.7 Å². The molecule has 5 aromatic heterocycles. The van der Waals surface area contributed by atoms with Crippen LogP contribution in [0.4, 0.5) is 4.39 Å². The molecule has 38 heavy (non-hydrogen) atoms. The van der Waals surface area contributed by atoms with Crippen LogP contribution in [0.3, 0.4) is 0 Å². The summed E-state index contributed by atoms with van der Waals surface area (Å²) in [4.78, 5) is 18.5. The lowest BCUT2D eigenvalue weighted by Gasteiger charge is -2.12. The molecule has 0 radical (unpaired) electrons. The van der Waals surface area contributed by atoms with Gasteiger partial charge in [-0.2, -0.15) is 5.10 Å². The smallest absolute Gasteiger partial charge is 0.134 e. The quantitative estimate of drug-likeness (QED) is 0.277. The molecule has 0 spiro atoms. The Balaban J connectivity index is 1.40. The third kappa shape index (κ3) is 4.53. The van der Waals surface area contributed by atoms with Crippen LogP contribution < -0.4 is 4.74 Å². The number of likely N-dealkylation sites (N-methyl/N-ethyl adjacent to an activating group) is 1. The van der Waals surface area contributed by atoms with E-state index in [2.05, 4.69) is 30.1 Å². The third-order valence-corrected chi connectivity index (χ3v) is 6.22. The first-order valence-electron chi connectivity index (χ1n) is 12.0. The summed E-state index contributed by atoms with van der Waals surface area (Å²) < 4.78 is 20.3. The molecule has 0 aliphatic heterocycles. The van der Waals surface area contributed by atoms with Crippen molar-refractivity contribution in [1.82, 2.24) is 35.0 Å². The second-order valence-corrected chi connectivity index (χ2v) is 9.25. The van der Waals surface area contributed by atoms with Crippen molar-refractivity contribution in [2.24, 2.45) is 0 Å². The van der Waals surface area contributed by atoms with E-state index in [4.69, 9.17) is 4.74 Å². The molecular weight excluding hydrogens is 485 g/mol. The molecule has 0 amide bonds. The lowest BCUT2D eigenvalue weighted by Crippen LogP contribution is -2.19. The minimum Gasteiger partial charge on any atom is -0.506 e. The normalized spacial score (nSPS) is 11.6. The third-order valence-electron chi connectivity index (χ3n) is 6.22. The topological polar surface area (TPSA) is 116 Å². The van der Waals surface area contributed by atoms with Gasteiger partial charge in [0, 0.05) is 52.4 Å². The van der Waals surface area contributed by atoms with Crippen LogP contribution in [0.5, 0.6) is 11.5 Å². The Hall–Kier alpha value is -4.83. The molecule has 190 valence electrons. The van der Waals surface area contributed by atoms with Crippen LogP contribution in [0, 0.1) is 5.82 Å². The Labute approximate surface area is 217 Å². The molecule has 0 saturated heterocycles. The molecule has 0 atom stereocenters. The van der Waals surface area contributed by atoms with Crippen LogP contribution >= 0.6 is 0 Å². The Bertz CT molecular complexity index is 1780. The standard InChI is InChI=1S/C28H24FN7O2/c1-36(2)5-6-38-20-9-16(7-18(29)10-20)27-21-12-25(33-23(21)3-4-31-27)28-22-11-24(32-15-26(22)34-35-28)17-8-19(37)14-30-13-17/h3-4,7-15,33,37H,5-6H2,1-2H3,(H,34,35). The molecule has 0 saturated carbocycles. The fourth-order valence-electron chi connectivity index (χ4n) is 4.39. The lowest BCUT2D eigenvalue weighted by molar-refractivity contribution is 0.260. The number of aromatic amines is 2. The highest BCUT2D eigenvalue weighted by molar-refractivity contribution is 6.00. The summed E-state index contributed by atoms with van der Waals surface area (Å²) in [7, 11) is 3.91. The van der Waals surface area contributed by atoms with E-state index in [1.165, 1.54) is 18.3 Å². The summed E-state index contributed by atoms with van der Waals surface area (Å²) in [6.45, 7) is 1.17. The largest absolute Gasteiger partial charge is 0.506 e. The molecule has 0 aliphatic carbocycles. The molecule has 10 heteroatoms. The summed E-state index contributed by atoms with van der Waals surface area (Å²) in [6.07, 6.45) is 6.41. The molecule has 9 nitrogen and oxygen atoms in total. The molecule has 5 heterocycles. The van der Waals surface area contributed by atoms with Crippen molar-refractivity contribution in [3.8, 4) is 45.4 Å². The lowest BCUT2D eigenvalue weighted by atomic mass is 10.1. The number of benzene rings is 1. The van der Waals surface area contributed by atoms with E-state index < -0.39 is 5.82 Å². The van der Waals surface area contributed by atoms with E-state index in [9.17, 15) is 9.50 Å². The van der Waals surface area contributed by atoms with Gasteiger partial charge in [0.15, 0.2) is 0 Å². The molecule has 0 unspecified atom stereocenters. The van der Waals surface area contributed by atoms with Crippen molar-refractivity contribution in [2.45, 2.75) is 0 Å². The Morgan fingerprint density at radius 3 is 2.63 bits per heavy atom. The fourth-order valence-corrected chi connectivity index (χ4v) is 4.39. The maximum absolute atomic E-state index is 14.5. The second-order valence-electron chi connectivity index (χ2n) is 9.25. The summed E-state index contributed by atoms with van der Waals surface area (Å²) in [5.74, 6) is 0.129. The zero-order chi connectivity index (χ0) is 26.2. The fraction of sp³-hybridized carbons (Fsp3) is 0.143. The SMILES string of the molecule is CN(C)CCOc1cc(F)cc(-c2nccc3[nH]c(-c4n[nH]c5cnc(-c6cncc(O)c6)cc45)cc23)c1. The maximum Gasteiger partial charge on any atom is 0.134 e. The van der Waals surface area contributed by atoms with Gasteiger partial charge in [0.05, 0.1) is 35.0 Å². The second kappa shape index (κ2) is 9.56. The summed E-state index contributed by atoms with van der Waals surface area (Å²) in [5.41, 5.74) is 5.67. The number of hydrogen-bond donors (Lipinski definition) is 3. The van der Waals surface area contributed by atoms with Gasteiger partial charge < -0.3 is 19.7 Å². The van der Waals surface area contributed by atoms with E-state index in [1.807, 2.05) is 37.2 Å². The zero-order valence-electron chi connectivity index (χ0n) is 20.7. The predicted octanol–water partition coefficient (Wildman–Crippen LogP) is 5.02. The van der Waals surface area contributed by atoms with Crippen molar-refractivity contribution >= 4 is 21.8 Å². The van der Waals surface area contributed by atoms with Gasteiger partial charge in [-0.1, -0.05) is 0 Å². The molecule has 0 aliphatic rings. The summed E-state index contributed by atoms with van der Waals surface area (Å²) in [6, 6.07) is 12.0. The highest BCUT2D eigenvalue weighted by atomic mass is 19.1. The molecule has 3 N–H and O–H groups in total. The zero-order valence-corrected chi connectivity index (χ0v) is 20.7. The van der Waals surface area contributed by atoms with Gasteiger partial charge in [-0.25, -0.2) is 4.39 Å². The van der Waals surface area contributed by atoms with Crippen LogP contribution in [0.15, 0.2) is 67.3 Å². The molecule has 6 aromatic rings.